The molecular formula is C30H27IN3O9-. The number of hydrogen-bond donors (Lipinski definition) is 7. The third-order valence-electron chi connectivity index (χ3n) is 5.99. The lowest BCUT2D eigenvalue weighted by Crippen LogP contribution is -3.00. The van der Waals surface area contributed by atoms with Gasteiger partial charge in [-0.15, -0.1) is 0 Å². The van der Waals surface area contributed by atoms with E-state index in [2.05, 4.69) is 15.0 Å². The zero-order valence-electron chi connectivity index (χ0n) is 22.8. The van der Waals surface area contributed by atoms with Crippen LogP contribution in [0.1, 0.15) is 38.4 Å². The summed E-state index contributed by atoms with van der Waals surface area (Å²) in [4.78, 5) is 41.0. The molecule has 0 spiro atoms. The van der Waals surface area contributed by atoms with Crippen LogP contribution in [0.5, 0.6) is 17.2 Å². The molecule has 3 heterocycles. The number of aromatic hydroxyl groups is 2. The predicted octanol–water partition coefficient (Wildman–Crippen LogP) is 2.50. The number of phenolic OH excluding ortho intramolecular Hbond substituents is 2. The van der Waals surface area contributed by atoms with Crippen LogP contribution in [0.15, 0.2) is 72.8 Å². The van der Waals surface area contributed by atoms with Crippen molar-refractivity contribution in [3.63, 3.8) is 0 Å². The number of carbonyl (C=O) groups is 3. The summed E-state index contributed by atoms with van der Waals surface area (Å²) in [6, 6.07) is 19.6. The van der Waals surface area contributed by atoms with Gasteiger partial charge in [-0.1, -0.05) is 0 Å². The molecule has 0 fully saturated rings. The molecule has 0 unspecified atom stereocenters. The number of ether oxygens (including phenoxy) is 2. The van der Waals surface area contributed by atoms with E-state index in [1.165, 1.54) is 18.2 Å². The first-order valence-electron chi connectivity index (χ1n) is 12.5. The average Bonchev–Trinajstić information content (AvgIpc) is 3.69. The topological polar surface area (TPSA) is 198 Å². The molecule has 13 heteroatoms. The number of nitrogens with one attached hydrogen (secondary N) is 3. The highest BCUT2D eigenvalue weighted by Crippen LogP contribution is 2.23. The van der Waals surface area contributed by atoms with E-state index >= 15 is 0 Å². The monoisotopic (exact) mass is 700 g/mol. The van der Waals surface area contributed by atoms with Gasteiger partial charge in [-0.05, 0) is 79.7 Å². The highest BCUT2D eigenvalue weighted by molar-refractivity contribution is 5.96. The number of aromatic nitrogens is 3. The Bertz CT molecular complexity index is 1910. The number of carboxylic acids is 2. The molecule has 0 bridgehead atoms. The maximum atomic E-state index is 11.4. The van der Waals surface area contributed by atoms with Gasteiger partial charge in [0.25, 0.3) is 0 Å². The van der Waals surface area contributed by atoms with Gasteiger partial charge in [0.05, 0.1) is 13.7 Å². The first kappa shape index (κ1) is 32.3. The highest BCUT2D eigenvalue weighted by atomic mass is 127. The van der Waals surface area contributed by atoms with Gasteiger partial charge in [0, 0.05) is 32.7 Å². The van der Waals surface area contributed by atoms with E-state index in [-0.39, 0.29) is 52.8 Å². The Hall–Kier alpha value is -5.18. The number of phenols is 2. The molecule has 3 aromatic heterocycles. The first-order valence-corrected chi connectivity index (χ1v) is 12.5. The Balaban J connectivity index is 0.000000175. The van der Waals surface area contributed by atoms with E-state index in [0.717, 1.165) is 21.8 Å². The minimum absolute atomic E-state index is 0. The second kappa shape index (κ2) is 14.1. The number of aromatic amines is 3. The van der Waals surface area contributed by atoms with Crippen LogP contribution in [-0.4, -0.2) is 67.0 Å². The molecule has 6 rings (SSSR count). The number of fused-ring (bicyclic) bond motifs is 3. The Morgan fingerprint density at radius 3 is 1.51 bits per heavy atom. The van der Waals surface area contributed by atoms with Crippen molar-refractivity contribution in [2.45, 2.75) is 6.92 Å². The van der Waals surface area contributed by atoms with Crippen LogP contribution < -0.4 is 28.7 Å². The Labute approximate surface area is 260 Å². The van der Waals surface area contributed by atoms with Crippen LogP contribution in [0.4, 0.5) is 0 Å². The van der Waals surface area contributed by atoms with Crippen molar-refractivity contribution in [1.29, 1.82) is 0 Å². The summed E-state index contributed by atoms with van der Waals surface area (Å²) >= 11 is 0. The number of carboxylic acid groups (broad SMARTS) is 2. The van der Waals surface area contributed by atoms with Gasteiger partial charge >= 0.3 is 17.9 Å². The molecule has 0 aliphatic heterocycles. The van der Waals surface area contributed by atoms with Gasteiger partial charge < -0.3 is 68.8 Å². The van der Waals surface area contributed by atoms with Gasteiger partial charge in [0.2, 0.25) is 0 Å². The van der Waals surface area contributed by atoms with Crippen LogP contribution in [0.3, 0.4) is 0 Å². The predicted molar refractivity (Wildman–Crippen MR) is 155 cm³/mol. The molecule has 0 radical (unpaired) electrons. The number of benzene rings is 3. The van der Waals surface area contributed by atoms with E-state index in [9.17, 15) is 19.5 Å². The largest absolute Gasteiger partial charge is 1.00 e. The summed E-state index contributed by atoms with van der Waals surface area (Å²) < 4.78 is 9.89. The summed E-state index contributed by atoms with van der Waals surface area (Å²) in [5.41, 5.74) is 3.01. The molecule has 224 valence electrons. The summed E-state index contributed by atoms with van der Waals surface area (Å²) in [5.74, 6) is -1.32. The molecule has 3 aromatic carbocycles. The molecule has 12 nitrogen and oxygen atoms in total. The van der Waals surface area contributed by atoms with Crippen molar-refractivity contribution in [1.82, 2.24) is 15.0 Å². The number of aromatic carboxylic acids is 2. The third kappa shape index (κ3) is 7.97. The summed E-state index contributed by atoms with van der Waals surface area (Å²) in [7, 11) is 1.58. The number of methoxy groups -OCH3 is 1. The van der Waals surface area contributed by atoms with Crippen LogP contribution in [0, 0.1) is 0 Å². The molecule has 0 atom stereocenters. The fourth-order valence-corrected chi connectivity index (χ4v) is 4.03. The molecule has 43 heavy (non-hydrogen) atoms. The Morgan fingerprint density at radius 2 is 1.07 bits per heavy atom. The quantitative estimate of drug-likeness (QED) is 0.104. The number of hydrogen-bond acceptors (Lipinski definition) is 7. The van der Waals surface area contributed by atoms with Gasteiger partial charge in [0.15, 0.2) is 0 Å². The Kier molecular flexibility index (Phi) is 10.6. The lowest BCUT2D eigenvalue weighted by atomic mass is 10.2. The molecular weight excluding hydrogens is 673 g/mol. The molecule has 0 amide bonds. The number of rotatable bonds is 5. The number of esters is 1. The second-order valence-electron chi connectivity index (χ2n) is 8.88. The van der Waals surface area contributed by atoms with E-state index in [1.54, 1.807) is 68.6 Å². The smallest absolute Gasteiger partial charge is 0.354 e. The van der Waals surface area contributed by atoms with Crippen molar-refractivity contribution in [3.05, 3.63) is 89.9 Å². The van der Waals surface area contributed by atoms with Crippen LogP contribution >= 0.6 is 0 Å². The maximum absolute atomic E-state index is 11.4. The zero-order valence-corrected chi connectivity index (χ0v) is 25.0. The van der Waals surface area contributed by atoms with Crippen LogP contribution in [-0.2, 0) is 4.74 Å². The number of carbonyl (C=O) groups excluding carboxylic acids is 1. The third-order valence-corrected chi connectivity index (χ3v) is 5.99. The minimum Gasteiger partial charge on any atom is -1.00 e. The normalized spacial score (nSPS) is 10.2. The molecule has 0 aliphatic rings. The minimum atomic E-state index is -1.00. The van der Waals surface area contributed by atoms with Gasteiger partial charge in [0.1, 0.15) is 34.3 Å². The van der Waals surface area contributed by atoms with Gasteiger partial charge in [-0.25, -0.2) is 14.4 Å². The van der Waals surface area contributed by atoms with Crippen molar-refractivity contribution in [2.75, 3.05) is 13.7 Å². The van der Waals surface area contributed by atoms with Crippen LogP contribution in [0.25, 0.3) is 32.7 Å². The second-order valence-corrected chi connectivity index (χ2v) is 8.88. The molecule has 0 saturated heterocycles. The van der Waals surface area contributed by atoms with E-state index in [1.807, 2.05) is 0 Å². The molecule has 7 N–H and O–H groups in total. The Morgan fingerprint density at radius 1 is 0.651 bits per heavy atom. The molecule has 6 aromatic rings. The number of halogens is 1. The van der Waals surface area contributed by atoms with Gasteiger partial charge in [-0.2, -0.15) is 0 Å². The summed E-state index contributed by atoms with van der Waals surface area (Å²) in [5, 5.41) is 38.1. The maximum Gasteiger partial charge on any atom is 0.354 e. The summed E-state index contributed by atoms with van der Waals surface area (Å²) in [6.07, 6.45) is 0. The fraction of sp³-hybridized carbons (Fsp3) is 0.100. The summed E-state index contributed by atoms with van der Waals surface area (Å²) in [6.45, 7) is 2.10. The molecule has 0 saturated carbocycles. The lowest BCUT2D eigenvalue weighted by Gasteiger charge is -1.97. The standard InChI is InChI=1S/C11H11NO3.C10H9NO3.C9H7NO3.HI/c1-2-15-11(14)10-6-7-5-8(13)3-4-9(7)12-10;1-14-7-2-3-8-6(4-7)5-9(11-8)10(12)13;11-6-1-2-7-5(3-6)4-8(10-7)9(12)13;/h3-6,12-13H,2H2,1H3;2-5,11H,1H3,(H,12,13);1-4,10-11H,(H,12,13);1H/p-1. The average molecular weight is 700 g/mol. The van der Waals surface area contributed by atoms with Crippen molar-refractivity contribution in [2.24, 2.45) is 0 Å². The van der Waals surface area contributed by atoms with Crippen molar-refractivity contribution in [3.8, 4) is 17.2 Å². The van der Waals surface area contributed by atoms with Gasteiger partial charge in [-0.3, -0.25) is 0 Å². The van der Waals surface area contributed by atoms with E-state index < -0.39 is 11.9 Å². The SMILES string of the molecule is CCOC(=O)c1cc2cc(O)ccc2[nH]1.COc1ccc2[nH]c(C(=O)O)cc2c1.O=C(O)c1cc2cc(O)ccc2[nH]1.[I-]. The van der Waals surface area contributed by atoms with E-state index in [4.69, 9.17) is 24.8 Å². The zero-order chi connectivity index (χ0) is 30.4. The highest BCUT2D eigenvalue weighted by Gasteiger charge is 2.10. The number of H-pyrrole nitrogens is 3. The fourth-order valence-electron chi connectivity index (χ4n) is 4.03. The first-order chi connectivity index (χ1) is 20.1. The van der Waals surface area contributed by atoms with Crippen molar-refractivity contribution >= 4 is 50.6 Å². The lowest BCUT2D eigenvalue weighted by molar-refractivity contribution is -0.0000573. The molecule has 0 aliphatic carbocycles. The van der Waals surface area contributed by atoms with Crippen LogP contribution in [0.2, 0.25) is 0 Å². The van der Waals surface area contributed by atoms with E-state index in [0.29, 0.717) is 29.0 Å². The van der Waals surface area contributed by atoms with Crippen molar-refractivity contribution < 1.29 is 68.3 Å².